The highest BCUT2D eigenvalue weighted by atomic mass is 35.5. The Morgan fingerprint density at radius 2 is 2.05 bits per heavy atom. The van der Waals surface area contributed by atoms with Crippen LogP contribution in [0, 0.1) is 10.1 Å². The number of rotatable bonds is 5. The van der Waals surface area contributed by atoms with Crippen molar-refractivity contribution in [1.29, 1.82) is 0 Å². The number of aliphatic carboxylic acids is 1. The van der Waals surface area contributed by atoms with Crippen LogP contribution in [0.15, 0.2) is 18.2 Å². The van der Waals surface area contributed by atoms with Gasteiger partial charge in [-0.05, 0) is 19.4 Å². The molecule has 1 rings (SSSR count). The molecule has 0 saturated carbocycles. The molecule has 0 heterocycles. The predicted octanol–water partition coefficient (Wildman–Crippen LogP) is 1.77. The van der Waals surface area contributed by atoms with Gasteiger partial charge in [-0.25, -0.2) is 4.79 Å². The van der Waals surface area contributed by atoms with E-state index in [9.17, 15) is 19.7 Å². The number of hydrogen-bond donors (Lipinski definition) is 2. The van der Waals surface area contributed by atoms with Gasteiger partial charge in [-0.3, -0.25) is 14.9 Å². The number of halogens is 1. The van der Waals surface area contributed by atoms with E-state index in [0.29, 0.717) is 5.56 Å². The van der Waals surface area contributed by atoms with Gasteiger partial charge in [-0.2, -0.15) is 0 Å². The molecule has 8 heteroatoms. The van der Waals surface area contributed by atoms with Crippen LogP contribution in [0.3, 0.4) is 0 Å². The number of carboxylic acids is 1. The molecule has 0 bridgehead atoms. The lowest BCUT2D eigenvalue weighted by atomic mass is 10.0. The molecule has 0 spiro atoms. The van der Waals surface area contributed by atoms with Crippen LogP contribution in [-0.4, -0.2) is 27.4 Å². The van der Waals surface area contributed by atoms with Gasteiger partial charge in [-0.1, -0.05) is 17.7 Å². The Kier molecular flexibility index (Phi) is 4.67. The summed E-state index contributed by atoms with van der Waals surface area (Å²) in [4.78, 5) is 32.6. The molecule has 0 unspecified atom stereocenters. The molecule has 2 N–H and O–H groups in total. The molecule has 1 amide bonds. The zero-order valence-corrected chi connectivity index (χ0v) is 11.6. The lowest BCUT2D eigenvalue weighted by molar-refractivity contribution is -0.384. The summed E-state index contributed by atoms with van der Waals surface area (Å²) >= 11 is 5.85. The molecule has 0 aliphatic heterocycles. The van der Waals surface area contributed by atoms with Crippen molar-refractivity contribution in [3.63, 3.8) is 0 Å². The van der Waals surface area contributed by atoms with Crippen LogP contribution >= 0.6 is 11.6 Å². The molecule has 108 valence electrons. The highest BCUT2D eigenvalue weighted by molar-refractivity contribution is 6.31. The largest absolute Gasteiger partial charge is 0.480 e. The van der Waals surface area contributed by atoms with Crippen LogP contribution in [0.4, 0.5) is 5.69 Å². The van der Waals surface area contributed by atoms with Crippen molar-refractivity contribution in [3.05, 3.63) is 38.9 Å². The number of nitrogens with one attached hydrogen (secondary N) is 1. The van der Waals surface area contributed by atoms with E-state index in [0.717, 1.165) is 6.07 Å². The summed E-state index contributed by atoms with van der Waals surface area (Å²) in [5.74, 6) is -1.70. The number of nitro groups is 1. The molecule has 20 heavy (non-hydrogen) atoms. The molecule has 0 atom stereocenters. The fourth-order valence-corrected chi connectivity index (χ4v) is 1.65. The van der Waals surface area contributed by atoms with Crippen molar-refractivity contribution in [2.45, 2.75) is 25.8 Å². The van der Waals surface area contributed by atoms with E-state index in [-0.39, 0.29) is 17.1 Å². The quantitative estimate of drug-likeness (QED) is 0.636. The van der Waals surface area contributed by atoms with Crippen molar-refractivity contribution in [1.82, 2.24) is 5.32 Å². The van der Waals surface area contributed by atoms with Crippen LogP contribution in [0.5, 0.6) is 0 Å². The van der Waals surface area contributed by atoms with Crippen LogP contribution < -0.4 is 5.32 Å². The van der Waals surface area contributed by atoms with E-state index >= 15 is 0 Å². The van der Waals surface area contributed by atoms with Crippen molar-refractivity contribution < 1.29 is 19.6 Å². The summed E-state index contributed by atoms with van der Waals surface area (Å²) in [7, 11) is 0. The Hall–Kier alpha value is -2.15. The maximum absolute atomic E-state index is 11.7. The second kappa shape index (κ2) is 5.87. The van der Waals surface area contributed by atoms with Crippen LogP contribution in [-0.2, 0) is 16.0 Å². The average molecular weight is 301 g/mol. The van der Waals surface area contributed by atoms with Crippen LogP contribution in [0.2, 0.25) is 5.02 Å². The second-order valence-corrected chi connectivity index (χ2v) is 5.10. The first-order valence-corrected chi connectivity index (χ1v) is 5.98. The monoisotopic (exact) mass is 300 g/mol. The first-order valence-electron chi connectivity index (χ1n) is 5.60. The second-order valence-electron chi connectivity index (χ2n) is 4.69. The molecule has 7 nitrogen and oxygen atoms in total. The molecule has 0 radical (unpaired) electrons. The SMILES string of the molecule is CC(C)(NC(=O)Cc1ccc([N+](=O)[O-])cc1Cl)C(=O)O. The van der Waals surface area contributed by atoms with Gasteiger partial charge < -0.3 is 10.4 Å². The standard InChI is InChI=1S/C12H13ClN2O5/c1-12(2,11(17)18)14-10(16)5-7-3-4-8(15(19)20)6-9(7)13/h3-4,6H,5H2,1-2H3,(H,14,16)(H,17,18). The number of amides is 1. The summed E-state index contributed by atoms with van der Waals surface area (Å²) in [6.45, 7) is 2.70. The Morgan fingerprint density at radius 3 is 2.50 bits per heavy atom. The summed E-state index contributed by atoms with van der Waals surface area (Å²) in [6.07, 6.45) is -0.159. The fourth-order valence-electron chi connectivity index (χ4n) is 1.41. The molecule has 0 fully saturated rings. The van der Waals surface area contributed by atoms with Gasteiger partial charge >= 0.3 is 5.97 Å². The average Bonchev–Trinajstić information content (AvgIpc) is 2.30. The third-order valence-electron chi connectivity index (χ3n) is 2.59. The van der Waals surface area contributed by atoms with E-state index in [2.05, 4.69) is 5.32 Å². The molecular formula is C12H13ClN2O5. The molecule has 0 aromatic heterocycles. The normalized spacial score (nSPS) is 10.9. The predicted molar refractivity (Wildman–Crippen MR) is 71.7 cm³/mol. The maximum atomic E-state index is 11.7. The number of nitrogens with zero attached hydrogens (tertiary/aromatic N) is 1. The number of carboxylic acid groups (broad SMARTS) is 1. The topological polar surface area (TPSA) is 110 Å². The molecule has 1 aromatic rings. The number of carbonyl (C=O) groups is 2. The summed E-state index contributed by atoms with van der Waals surface area (Å²) in [6, 6.07) is 3.75. The zero-order chi connectivity index (χ0) is 15.5. The van der Waals surface area contributed by atoms with Crippen molar-refractivity contribution in [2.75, 3.05) is 0 Å². The van der Waals surface area contributed by atoms with Gasteiger partial charge in [0, 0.05) is 12.1 Å². The lowest BCUT2D eigenvalue weighted by Crippen LogP contribution is -2.50. The van der Waals surface area contributed by atoms with Crippen LogP contribution in [0.1, 0.15) is 19.4 Å². The summed E-state index contributed by atoms with van der Waals surface area (Å²) in [5, 5.41) is 21.9. The molecule has 1 aromatic carbocycles. The molecular weight excluding hydrogens is 288 g/mol. The van der Waals surface area contributed by atoms with E-state index in [1.165, 1.54) is 26.0 Å². The molecule has 0 saturated heterocycles. The Labute approximate surface area is 119 Å². The van der Waals surface area contributed by atoms with Gasteiger partial charge in [0.15, 0.2) is 0 Å². The summed E-state index contributed by atoms with van der Waals surface area (Å²) < 4.78 is 0. The van der Waals surface area contributed by atoms with E-state index in [1.54, 1.807) is 0 Å². The first kappa shape index (κ1) is 15.9. The Bertz CT molecular complexity index is 571. The minimum absolute atomic E-state index is 0.0856. The third-order valence-corrected chi connectivity index (χ3v) is 2.94. The number of non-ortho nitro benzene ring substituents is 1. The minimum Gasteiger partial charge on any atom is -0.480 e. The fraction of sp³-hybridized carbons (Fsp3) is 0.333. The van der Waals surface area contributed by atoms with Gasteiger partial charge in [0.1, 0.15) is 5.54 Å². The van der Waals surface area contributed by atoms with Gasteiger partial charge in [0.05, 0.1) is 16.4 Å². The number of nitro benzene ring substituents is 1. The van der Waals surface area contributed by atoms with Crippen molar-refractivity contribution in [2.24, 2.45) is 0 Å². The Morgan fingerprint density at radius 1 is 1.45 bits per heavy atom. The lowest BCUT2D eigenvalue weighted by Gasteiger charge is -2.21. The van der Waals surface area contributed by atoms with E-state index < -0.39 is 22.3 Å². The molecule has 0 aliphatic carbocycles. The van der Waals surface area contributed by atoms with E-state index in [1.807, 2.05) is 0 Å². The van der Waals surface area contributed by atoms with Crippen LogP contribution in [0.25, 0.3) is 0 Å². The van der Waals surface area contributed by atoms with Crippen molar-refractivity contribution >= 4 is 29.2 Å². The van der Waals surface area contributed by atoms with Gasteiger partial charge in [-0.15, -0.1) is 0 Å². The third kappa shape index (κ3) is 3.92. The maximum Gasteiger partial charge on any atom is 0.328 e. The number of benzene rings is 1. The van der Waals surface area contributed by atoms with Gasteiger partial charge in [0.25, 0.3) is 5.69 Å². The van der Waals surface area contributed by atoms with E-state index in [4.69, 9.17) is 16.7 Å². The highest BCUT2D eigenvalue weighted by Crippen LogP contribution is 2.23. The summed E-state index contributed by atoms with van der Waals surface area (Å²) in [5.41, 5.74) is -1.19. The first-order chi connectivity index (χ1) is 9.13. The zero-order valence-electron chi connectivity index (χ0n) is 10.8. The highest BCUT2D eigenvalue weighted by Gasteiger charge is 2.29. The number of carbonyl (C=O) groups excluding carboxylic acids is 1. The number of hydrogen-bond acceptors (Lipinski definition) is 4. The van der Waals surface area contributed by atoms with Gasteiger partial charge in [0.2, 0.25) is 5.91 Å². The Balaban J connectivity index is 2.82. The smallest absolute Gasteiger partial charge is 0.328 e. The minimum atomic E-state index is -1.40. The molecule has 0 aliphatic rings. The van der Waals surface area contributed by atoms with Crippen molar-refractivity contribution in [3.8, 4) is 0 Å².